The zero-order chi connectivity index (χ0) is 16.9. The van der Waals surface area contributed by atoms with Gasteiger partial charge in [0.1, 0.15) is 6.23 Å². The molecule has 0 aliphatic carbocycles. The van der Waals surface area contributed by atoms with Crippen LogP contribution in [0.15, 0.2) is 60.7 Å². The average Bonchev–Trinajstić information content (AvgIpc) is 2.97. The summed E-state index contributed by atoms with van der Waals surface area (Å²) in [6.45, 7) is 1.18. The molecule has 1 amide bonds. The van der Waals surface area contributed by atoms with Crippen LogP contribution >= 0.6 is 0 Å². The summed E-state index contributed by atoms with van der Waals surface area (Å²) >= 11 is 0. The van der Waals surface area contributed by atoms with Crippen molar-refractivity contribution in [3.8, 4) is 0 Å². The minimum Gasteiger partial charge on any atom is -0.378 e. The van der Waals surface area contributed by atoms with Gasteiger partial charge in [0.25, 0.3) is 0 Å². The molecule has 1 aliphatic heterocycles. The van der Waals surface area contributed by atoms with Crippen LogP contribution < -0.4 is 0 Å². The maximum absolute atomic E-state index is 12.9. The highest BCUT2D eigenvalue weighted by molar-refractivity contribution is 5.82. The molecule has 4 heteroatoms. The van der Waals surface area contributed by atoms with Crippen molar-refractivity contribution in [2.45, 2.75) is 38.2 Å². The van der Waals surface area contributed by atoms with Crippen molar-refractivity contribution < 1.29 is 9.90 Å². The van der Waals surface area contributed by atoms with E-state index in [9.17, 15) is 9.90 Å². The first-order chi connectivity index (χ1) is 11.6. The summed E-state index contributed by atoms with van der Waals surface area (Å²) in [5.41, 5.74) is 2.23. The standard InChI is InChI=1S/C20H24N2O2/c1-21(14-16-8-4-2-5-9-16)20(24)18-12-13-19(23)22(18)15-17-10-6-3-7-11-17/h2-11,18-19,23H,12-15H2,1H3/t18-,19?/m0/s1. The van der Waals surface area contributed by atoms with Crippen molar-refractivity contribution in [3.05, 3.63) is 71.8 Å². The molecule has 0 spiro atoms. The Labute approximate surface area is 143 Å². The van der Waals surface area contributed by atoms with Crippen LogP contribution in [0.3, 0.4) is 0 Å². The maximum atomic E-state index is 12.9. The normalized spacial score (nSPS) is 20.9. The largest absolute Gasteiger partial charge is 0.378 e. The fraction of sp³-hybridized carbons (Fsp3) is 0.350. The molecule has 3 rings (SSSR count). The molecule has 0 radical (unpaired) electrons. The van der Waals surface area contributed by atoms with E-state index in [-0.39, 0.29) is 11.9 Å². The molecule has 0 bridgehead atoms. The van der Waals surface area contributed by atoms with Crippen molar-refractivity contribution in [2.75, 3.05) is 7.05 Å². The number of likely N-dealkylation sites (tertiary alicyclic amines) is 1. The van der Waals surface area contributed by atoms with Crippen LogP contribution in [0.5, 0.6) is 0 Å². The minimum atomic E-state index is -0.552. The number of aliphatic hydroxyl groups is 1. The van der Waals surface area contributed by atoms with Crippen LogP contribution in [0.25, 0.3) is 0 Å². The van der Waals surface area contributed by atoms with Crippen molar-refractivity contribution in [1.29, 1.82) is 0 Å². The number of carbonyl (C=O) groups excluding carboxylic acids is 1. The highest BCUT2D eigenvalue weighted by Crippen LogP contribution is 2.26. The second-order valence-corrected chi connectivity index (χ2v) is 6.41. The molecule has 1 N–H and O–H groups in total. The van der Waals surface area contributed by atoms with Gasteiger partial charge >= 0.3 is 0 Å². The average molecular weight is 324 g/mol. The van der Waals surface area contributed by atoms with Gasteiger partial charge in [0.05, 0.1) is 6.04 Å². The molecule has 1 unspecified atom stereocenters. The minimum absolute atomic E-state index is 0.0753. The van der Waals surface area contributed by atoms with E-state index in [1.807, 2.05) is 72.6 Å². The number of amides is 1. The van der Waals surface area contributed by atoms with E-state index in [1.165, 1.54) is 0 Å². The Balaban J connectivity index is 1.68. The van der Waals surface area contributed by atoms with E-state index in [1.54, 1.807) is 4.90 Å². The van der Waals surface area contributed by atoms with Crippen LogP contribution in [0, 0.1) is 0 Å². The van der Waals surface area contributed by atoms with Gasteiger partial charge in [0.2, 0.25) is 5.91 Å². The lowest BCUT2D eigenvalue weighted by molar-refractivity contribution is -0.138. The first-order valence-electron chi connectivity index (χ1n) is 8.42. The molecular weight excluding hydrogens is 300 g/mol. The van der Waals surface area contributed by atoms with Crippen LogP contribution in [-0.2, 0) is 17.9 Å². The zero-order valence-corrected chi connectivity index (χ0v) is 14.0. The highest BCUT2D eigenvalue weighted by Gasteiger charge is 2.38. The summed E-state index contributed by atoms with van der Waals surface area (Å²) in [5, 5.41) is 10.3. The number of hydrogen-bond acceptors (Lipinski definition) is 3. The Morgan fingerprint density at radius 1 is 1.04 bits per heavy atom. The summed E-state index contributed by atoms with van der Waals surface area (Å²) in [4.78, 5) is 16.5. The summed E-state index contributed by atoms with van der Waals surface area (Å²) in [6, 6.07) is 19.7. The van der Waals surface area contributed by atoms with Crippen LogP contribution in [-0.4, -0.2) is 40.1 Å². The van der Waals surface area contributed by atoms with Gasteiger partial charge in [-0.2, -0.15) is 0 Å². The van der Waals surface area contributed by atoms with Crippen LogP contribution in [0.2, 0.25) is 0 Å². The fourth-order valence-electron chi connectivity index (χ4n) is 3.31. The second-order valence-electron chi connectivity index (χ2n) is 6.41. The quantitative estimate of drug-likeness (QED) is 0.919. The van der Waals surface area contributed by atoms with Crippen molar-refractivity contribution in [3.63, 3.8) is 0 Å². The van der Waals surface area contributed by atoms with E-state index < -0.39 is 6.23 Å². The number of aliphatic hydroxyl groups excluding tert-OH is 1. The Morgan fingerprint density at radius 3 is 2.25 bits per heavy atom. The molecule has 4 nitrogen and oxygen atoms in total. The van der Waals surface area contributed by atoms with E-state index >= 15 is 0 Å². The number of benzene rings is 2. The van der Waals surface area contributed by atoms with E-state index in [2.05, 4.69) is 0 Å². The number of carbonyl (C=O) groups is 1. The van der Waals surface area contributed by atoms with E-state index in [0.29, 0.717) is 25.9 Å². The predicted octanol–water partition coefficient (Wildman–Crippen LogP) is 2.63. The smallest absolute Gasteiger partial charge is 0.240 e. The predicted molar refractivity (Wildman–Crippen MR) is 93.9 cm³/mol. The zero-order valence-electron chi connectivity index (χ0n) is 14.0. The summed E-state index contributed by atoms with van der Waals surface area (Å²) in [7, 11) is 1.83. The summed E-state index contributed by atoms with van der Waals surface area (Å²) in [5.74, 6) is 0.0753. The Kier molecular flexibility index (Phi) is 5.28. The Morgan fingerprint density at radius 2 is 1.62 bits per heavy atom. The van der Waals surface area contributed by atoms with Crippen molar-refractivity contribution >= 4 is 5.91 Å². The number of likely N-dealkylation sites (N-methyl/N-ethyl adjacent to an activating group) is 1. The number of hydrogen-bond donors (Lipinski definition) is 1. The molecule has 2 atom stereocenters. The molecule has 1 fully saturated rings. The summed E-state index contributed by atoms with van der Waals surface area (Å²) < 4.78 is 0. The van der Waals surface area contributed by atoms with Gasteiger partial charge in [-0.1, -0.05) is 60.7 Å². The molecule has 2 aromatic rings. The van der Waals surface area contributed by atoms with E-state index in [4.69, 9.17) is 0 Å². The molecule has 1 aliphatic rings. The molecule has 0 saturated carbocycles. The van der Waals surface area contributed by atoms with Gasteiger partial charge in [-0.15, -0.1) is 0 Å². The van der Waals surface area contributed by atoms with Crippen LogP contribution in [0.1, 0.15) is 24.0 Å². The van der Waals surface area contributed by atoms with Gasteiger partial charge in [0.15, 0.2) is 0 Å². The first kappa shape index (κ1) is 16.7. The van der Waals surface area contributed by atoms with Gasteiger partial charge in [-0.3, -0.25) is 9.69 Å². The fourth-order valence-corrected chi connectivity index (χ4v) is 3.31. The SMILES string of the molecule is CN(Cc1ccccc1)C(=O)[C@@H]1CCC(O)N1Cc1ccccc1. The molecule has 126 valence electrons. The van der Waals surface area contributed by atoms with Gasteiger partial charge in [-0.05, 0) is 24.0 Å². The molecular formula is C20H24N2O2. The van der Waals surface area contributed by atoms with Crippen molar-refractivity contribution in [1.82, 2.24) is 9.80 Å². The molecule has 1 heterocycles. The third kappa shape index (κ3) is 3.83. The Bertz CT molecular complexity index is 660. The van der Waals surface area contributed by atoms with Crippen molar-refractivity contribution in [2.24, 2.45) is 0 Å². The number of rotatable bonds is 5. The lowest BCUT2D eigenvalue weighted by atomic mass is 10.1. The van der Waals surface area contributed by atoms with Gasteiger partial charge < -0.3 is 10.0 Å². The van der Waals surface area contributed by atoms with Crippen LogP contribution in [0.4, 0.5) is 0 Å². The lowest BCUT2D eigenvalue weighted by Crippen LogP contribution is -2.46. The summed E-state index contributed by atoms with van der Waals surface area (Å²) in [6.07, 6.45) is 0.790. The van der Waals surface area contributed by atoms with E-state index in [0.717, 1.165) is 11.1 Å². The first-order valence-corrected chi connectivity index (χ1v) is 8.42. The third-order valence-corrected chi connectivity index (χ3v) is 4.61. The second kappa shape index (κ2) is 7.60. The lowest BCUT2D eigenvalue weighted by Gasteiger charge is -2.30. The Hall–Kier alpha value is -2.17. The maximum Gasteiger partial charge on any atom is 0.240 e. The number of nitrogens with zero attached hydrogens (tertiary/aromatic N) is 2. The monoisotopic (exact) mass is 324 g/mol. The third-order valence-electron chi connectivity index (χ3n) is 4.61. The molecule has 24 heavy (non-hydrogen) atoms. The molecule has 1 saturated heterocycles. The highest BCUT2D eigenvalue weighted by atomic mass is 16.3. The van der Waals surface area contributed by atoms with Gasteiger partial charge in [-0.25, -0.2) is 0 Å². The topological polar surface area (TPSA) is 43.8 Å². The molecule has 2 aromatic carbocycles. The van der Waals surface area contributed by atoms with Gasteiger partial charge in [0, 0.05) is 20.1 Å². The molecule has 0 aromatic heterocycles.